The van der Waals surface area contributed by atoms with Crippen molar-refractivity contribution in [1.82, 2.24) is 16.0 Å². The van der Waals surface area contributed by atoms with E-state index in [-0.39, 0.29) is 28.5 Å². The largest absolute Gasteiger partial charge is 0.354 e. The van der Waals surface area contributed by atoms with Gasteiger partial charge >= 0.3 is 0 Å². The molecule has 25 heavy (non-hydrogen) atoms. The van der Waals surface area contributed by atoms with Crippen molar-refractivity contribution in [2.45, 2.75) is 19.8 Å². The maximum absolute atomic E-state index is 12.2. The van der Waals surface area contributed by atoms with Gasteiger partial charge in [-0.1, -0.05) is 24.6 Å². The molecule has 1 aliphatic heterocycles. The second-order valence-electron chi connectivity index (χ2n) is 6.41. The van der Waals surface area contributed by atoms with Gasteiger partial charge in [-0.05, 0) is 37.4 Å². The second kappa shape index (κ2) is 8.26. The van der Waals surface area contributed by atoms with Crippen molar-refractivity contribution in [3.05, 3.63) is 38.9 Å². The predicted octanol–water partition coefficient (Wildman–Crippen LogP) is 1.48. The van der Waals surface area contributed by atoms with Crippen LogP contribution in [0.1, 0.15) is 30.1 Å². The van der Waals surface area contributed by atoms with Crippen molar-refractivity contribution in [3.8, 4) is 0 Å². The number of benzene rings is 1. The lowest BCUT2D eigenvalue weighted by Gasteiger charge is -2.34. The molecule has 2 amide bonds. The summed E-state index contributed by atoms with van der Waals surface area (Å²) in [6, 6.07) is 3.98. The van der Waals surface area contributed by atoms with Gasteiger partial charge < -0.3 is 16.0 Å². The molecule has 0 spiro atoms. The molecule has 1 aromatic carbocycles. The maximum Gasteiger partial charge on any atom is 0.283 e. The molecule has 1 fully saturated rings. The van der Waals surface area contributed by atoms with E-state index in [0.717, 1.165) is 25.9 Å². The number of nitrogens with zero attached hydrogens (tertiary/aromatic N) is 1. The van der Waals surface area contributed by atoms with Crippen molar-refractivity contribution < 1.29 is 14.5 Å². The molecule has 0 saturated carbocycles. The van der Waals surface area contributed by atoms with Crippen LogP contribution in [0.2, 0.25) is 5.02 Å². The van der Waals surface area contributed by atoms with E-state index in [2.05, 4.69) is 22.9 Å². The van der Waals surface area contributed by atoms with Gasteiger partial charge in [0.25, 0.3) is 11.6 Å². The minimum absolute atomic E-state index is 0.0330. The molecule has 1 heterocycles. The van der Waals surface area contributed by atoms with Crippen molar-refractivity contribution in [2.75, 3.05) is 26.2 Å². The number of hydrogen-bond donors (Lipinski definition) is 3. The molecule has 0 bridgehead atoms. The average molecular weight is 369 g/mol. The number of carbonyl (C=O) groups excluding carboxylic acids is 2. The summed E-state index contributed by atoms with van der Waals surface area (Å²) in [5.41, 5.74) is -0.605. The first-order valence-corrected chi connectivity index (χ1v) is 8.39. The molecule has 0 aromatic heterocycles. The van der Waals surface area contributed by atoms with Crippen LogP contribution in [0.3, 0.4) is 0 Å². The predicted molar refractivity (Wildman–Crippen MR) is 93.7 cm³/mol. The van der Waals surface area contributed by atoms with Crippen LogP contribution in [0.5, 0.6) is 0 Å². The van der Waals surface area contributed by atoms with Crippen LogP contribution in [0.4, 0.5) is 5.69 Å². The third kappa shape index (κ3) is 5.14. The van der Waals surface area contributed by atoms with Crippen LogP contribution in [0.25, 0.3) is 0 Å². The Morgan fingerprint density at radius 2 is 2.00 bits per heavy atom. The van der Waals surface area contributed by atoms with Crippen molar-refractivity contribution in [1.29, 1.82) is 0 Å². The Kier molecular flexibility index (Phi) is 6.33. The molecule has 3 N–H and O–H groups in total. The summed E-state index contributed by atoms with van der Waals surface area (Å²) in [7, 11) is 0. The van der Waals surface area contributed by atoms with Crippen LogP contribution >= 0.6 is 11.6 Å². The standard InChI is InChI=1S/C16H21ClN4O4/c1-16(5-7-18-8-6-16)10-20-13(22)9-19-15(23)14-11(17)3-2-4-12(14)21(24)25/h2-4,18H,5-10H2,1H3,(H,19,23)(H,20,22). The first-order valence-electron chi connectivity index (χ1n) is 8.01. The minimum Gasteiger partial charge on any atom is -0.354 e. The van der Waals surface area contributed by atoms with E-state index < -0.39 is 16.5 Å². The Morgan fingerprint density at radius 1 is 1.32 bits per heavy atom. The van der Waals surface area contributed by atoms with Crippen molar-refractivity contribution in [3.63, 3.8) is 0 Å². The Balaban J connectivity index is 1.90. The minimum atomic E-state index is -0.750. The van der Waals surface area contributed by atoms with Gasteiger partial charge in [0, 0.05) is 12.6 Å². The monoisotopic (exact) mass is 368 g/mol. The number of carbonyl (C=O) groups is 2. The topological polar surface area (TPSA) is 113 Å². The lowest BCUT2D eigenvalue weighted by atomic mass is 9.81. The molecule has 1 aromatic rings. The lowest BCUT2D eigenvalue weighted by molar-refractivity contribution is -0.385. The molecule has 0 radical (unpaired) electrons. The van der Waals surface area contributed by atoms with Gasteiger partial charge in [-0.15, -0.1) is 0 Å². The number of hydrogen-bond acceptors (Lipinski definition) is 5. The highest BCUT2D eigenvalue weighted by Crippen LogP contribution is 2.27. The highest BCUT2D eigenvalue weighted by atomic mass is 35.5. The molecule has 2 rings (SSSR count). The fourth-order valence-corrected chi connectivity index (χ4v) is 2.98. The van der Waals surface area contributed by atoms with E-state index in [9.17, 15) is 19.7 Å². The highest BCUT2D eigenvalue weighted by Gasteiger charge is 2.27. The van der Waals surface area contributed by atoms with E-state index in [1.165, 1.54) is 18.2 Å². The zero-order valence-electron chi connectivity index (χ0n) is 13.9. The summed E-state index contributed by atoms with van der Waals surface area (Å²) in [5.74, 6) is -1.09. The SMILES string of the molecule is CC1(CNC(=O)CNC(=O)c2c(Cl)cccc2[N+](=O)[O-])CCNCC1. The quantitative estimate of drug-likeness (QED) is 0.520. The number of nitro benzene ring substituents is 1. The van der Waals surface area contributed by atoms with Crippen LogP contribution in [-0.4, -0.2) is 42.9 Å². The third-order valence-electron chi connectivity index (χ3n) is 4.35. The molecule has 1 aliphatic rings. The zero-order chi connectivity index (χ0) is 18.4. The van der Waals surface area contributed by atoms with Gasteiger partial charge in [0.15, 0.2) is 0 Å². The van der Waals surface area contributed by atoms with E-state index in [1.807, 2.05) is 0 Å². The molecular formula is C16H21ClN4O4. The fraction of sp³-hybridized carbons (Fsp3) is 0.500. The van der Waals surface area contributed by atoms with Gasteiger partial charge in [0.2, 0.25) is 5.91 Å². The number of amides is 2. The summed E-state index contributed by atoms with van der Waals surface area (Å²) >= 11 is 5.89. The Hall–Kier alpha value is -2.19. The van der Waals surface area contributed by atoms with Crippen molar-refractivity contribution in [2.24, 2.45) is 5.41 Å². The summed E-state index contributed by atoms with van der Waals surface area (Å²) in [6.45, 7) is 4.20. The second-order valence-corrected chi connectivity index (χ2v) is 6.82. The number of halogens is 1. The number of piperidine rings is 1. The van der Waals surface area contributed by atoms with Crippen LogP contribution in [0.15, 0.2) is 18.2 Å². The zero-order valence-corrected chi connectivity index (χ0v) is 14.7. The summed E-state index contributed by atoms with van der Waals surface area (Å²) in [5, 5.41) is 19.4. The van der Waals surface area contributed by atoms with Gasteiger partial charge in [0.1, 0.15) is 5.56 Å². The molecule has 9 heteroatoms. The van der Waals surface area contributed by atoms with E-state index >= 15 is 0 Å². The van der Waals surface area contributed by atoms with Crippen LogP contribution in [-0.2, 0) is 4.79 Å². The first-order chi connectivity index (χ1) is 11.8. The molecule has 8 nitrogen and oxygen atoms in total. The first kappa shape index (κ1) is 19.1. The molecule has 0 unspecified atom stereocenters. The van der Waals surface area contributed by atoms with Crippen LogP contribution < -0.4 is 16.0 Å². The van der Waals surface area contributed by atoms with E-state index in [4.69, 9.17) is 11.6 Å². The summed E-state index contributed by atoms with van der Waals surface area (Å²) in [6.07, 6.45) is 1.93. The Bertz CT molecular complexity index is 674. The fourth-order valence-electron chi connectivity index (χ4n) is 2.72. The normalized spacial score (nSPS) is 16.1. The van der Waals surface area contributed by atoms with Gasteiger partial charge in [-0.2, -0.15) is 0 Å². The van der Waals surface area contributed by atoms with E-state index in [0.29, 0.717) is 6.54 Å². The number of rotatable bonds is 6. The molecule has 1 saturated heterocycles. The van der Waals surface area contributed by atoms with Crippen LogP contribution in [0, 0.1) is 15.5 Å². The van der Waals surface area contributed by atoms with Gasteiger partial charge in [-0.3, -0.25) is 19.7 Å². The average Bonchev–Trinajstić information content (AvgIpc) is 2.58. The van der Waals surface area contributed by atoms with Gasteiger partial charge in [0.05, 0.1) is 16.5 Å². The number of nitrogens with one attached hydrogen (secondary N) is 3. The molecule has 0 atom stereocenters. The Labute approximate surface area is 150 Å². The summed E-state index contributed by atoms with van der Waals surface area (Å²) in [4.78, 5) is 34.5. The third-order valence-corrected chi connectivity index (χ3v) is 4.66. The molecule has 136 valence electrons. The summed E-state index contributed by atoms with van der Waals surface area (Å²) < 4.78 is 0. The molecule has 0 aliphatic carbocycles. The highest BCUT2D eigenvalue weighted by molar-refractivity contribution is 6.34. The lowest BCUT2D eigenvalue weighted by Crippen LogP contribution is -2.45. The maximum atomic E-state index is 12.2. The number of nitro groups is 1. The van der Waals surface area contributed by atoms with Gasteiger partial charge in [-0.25, -0.2) is 0 Å². The van der Waals surface area contributed by atoms with Crippen molar-refractivity contribution >= 4 is 29.1 Å². The van der Waals surface area contributed by atoms with E-state index in [1.54, 1.807) is 0 Å². The smallest absolute Gasteiger partial charge is 0.283 e. The molecular weight excluding hydrogens is 348 g/mol. The Morgan fingerprint density at radius 3 is 2.64 bits per heavy atom.